The molecule has 0 aliphatic rings. The van der Waals surface area contributed by atoms with Gasteiger partial charge in [-0.25, -0.2) is 19.1 Å². The van der Waals surface area contributed by atoms with Crippen LogP contribution in [0.15, 0.2) is 66.9 Å². The first kappa shape index (κ1) is 34.3. The molecule has 0 aliphatic carbocycles. The molecule has 4 rings (SSSR count). The summed E-state index contributed by atoms with van der Waals surface area (Å²) in [6, 6.07) is 15.3. The second kappa shape index (κ2) is 15.2. The van der Waals surface area contributed by atoms with Crippen LogP contribution in [0, 0.1) is 26.6 Å². The van der Waals surface area contributed by atoms with Crippen molar-refractivity contribution in [2.45, 2.75) is 40.7 Å². The van der Waals surface area contributed by atoms with E-state index in [4.69, 9.17) is 11.6 Å². The van der Waals surface area contributed by atoms with Gasteiger partial charge in [-0.3, -0.25) is 4.79 Å². The van der Waals surface area contributed by atoms with Gasteiger partial charge in [-0.15, -0.1) is 0 Å². The molecule has 1 aromatic heterocycles. The van der Waals surface area contributed by atoms with E-state index in [-0.39, 0.29) is 28.3 Å². The Morgan fingerprint density at radius 2 is 1.67 bits per heavy atom. The largest absolute Gasteiger partial charge is 0.465 e. The Hall–Kier alpha value is -4.54. The maximum Gasteiger partial charge on any atom is 0.413 e. The van der Waals surface area contributed by atoms with E-state index in [1.165, 1.54) is 30.5 Å². The molecular formula is C35H40ClFN6O3. The van der Waals surface area contributed by atoms with E-state index in [9.17, 15) is 14.7 Å². The van der Waals surface area contributed by atoms with Crippen molar-refractivity contribution >= 4 is 41.1 Å². The molecule has 4 aromatic rings. The van der Waals surface area contributed by atoms with Gasteiger partial charge in [-0.05, 0) is 93.0 Å². The lowest BCUT2D eigenvalue weighted by Gasteiger charge is -2.32. The Balaban J connectivity index is 1.70. The minimum absolute atomic E-state index is 0.0251. The topological polar surface area (TPSA) is 102 Å². The van der Waals surface area contributed by atoms with Crippen molar-refractivity contribution < 1.29 is 19.1 Å². The van der Waals surface area contributed by atoms with Crippen LogP contribution in [0.25, 0.3) is 0 Å². The minimum Gasteiger partial charge on any atom is -0.465 e. The molecule has 1 unspecified atom stereocenters. The monoisotopic (exact) mass is 646 g/mol. The van der Waals surface area contributed by atoms with E-state index in [1.807, 2.05) is 32.9 Å². The van der Waals surface area contributed by atoms with Gasteiger partial charge in [0.25, 0.3) is 5.91 Å². The highest BCUT2D eigenvalue weighted by molar-refractivity contribution is 6.30. The number of nitrogens with zero attached hydrogens (tertiary/aromatic N) is 5. The average molecular weight is 647 g/mol. The van der Waals surface area contributed by atoms with Gasteiger partial charge in [0, 0.05) is 48.2 Å². The summed E-state index contributed by atoms with van der Waals surface area (Å²) < 4.78 is 15.5. The fourth-order valence-corrected chi connectivity index (χ4v) is 5.85. The van der Waals surface area contributed by atoms with Gasteiger partial charge in [0.1, 0.15) is 11.6 Å². The standard InChI is InChI=1S/C35H40ClFN6O3/c1-7-42(8-2)17-16-41(6)33(44)25-10-9-11-27(20-25)39-34-38-15-14-30(40-34)43(35(45)46)32(28-21-26(36)12-13-29(28)37)31-23(4)18-22(3)19-24(31)5/h9-15,18-21,32H,7-8,16-17H2,1-6H3,(H,45,46)(H,38,39,40). The van der Waals surface area contributed by atoms with Crippen molar-refractivity contribution in [2.24, 2.45) is 0 Å². The number of carbonyl (C=O) groups excluding carboxylic acids is 1. The van der Waals surface area contributed by atoms with Crippen molar-refractivity contribution in [3.05, 3.63) is 111 Å². The third kappa shape index (κ3) is 7.99. The molecular weight excluding hydrogens is 607 g/mol. The van der Waals surface area contributed by atoms with Crippen LogP contribution >= 0.6 is 11.6 Å². The molecule has 46 heavy (non-hydrogen) atoms. The lowest BCUT2D eigenvalue weighted by molar-refractivity contribution is 0.0779. The van der Waals surface area contributed by atoms with Crippen LogP contribution in [0.4, 0.5) is 26.6 Å². The fraction of sp³-hybridized carbons (Fsp3) is 0.314. The van der Waals surface area contributed by atoms with Gasteiger partial charge in [0.2, 0.25) is 5.95 Å². The first-order valence-corrected chi connectivity index (χ1v) is 15.5. The highest BCUT2D eigenvalue weighted by Gasteiger charge is 2.34. The molecule has 9 nitrogen and oxygen atoms in total. The molecule has 2 amide bonds. The summed E-state index contributed by atoms with van der Waals surface area (Å²) in [5, 5.41) is 14.0. The Morgan fingerprint density at radius 1 is 0.978 bits per heavy atom. The smallest absolute Gasteiger partial charge is 0.413 e. The zero-order chi connectivity index (χ0) is 33.5. The van der Waals surface area contributed by atoms with Gasteiger partial charge in [-0.2, -0.15) is 4.98 Å². The van der Waals surface area contributed by atoms with Gasteiger partial charge in [0.05, 0.1) is 6.04 Å². The molecule has 242 valence electrons. The summed E-state index contributed by atoms with van der Waals surface area (Å²) in [4.78, 5) is 40.0. The van der Waals surface area contributed by atoms with E-state index in [0.29, 0.717) is 23.4 Å². The number of benzene rings is 3. The molecule has 0 aliphatic heterocycles. The molecule has 0 bridgehead atoms. The van der Waals surface area contributed by atoms with Crippen LogP contribution < -0.4 is 10.2 Å². The number of hydrogen-bond acceptors (Lipinski definition) is 6. The first-order chi connectivity index (χ1) is 21.9. The van der Waals surface area contributed by atoms with Crippen molar-refractivity contribution in [1.82, 2.24) is 19.8 Å². The van der Waals surface area contributed by atoms with E-state index < -0.39 is 18.0 Å². The number of carbonyl (C=O) groups is 2. The number of amides is 2. The van der Waals surface area contributed by atoms with Gasteiger partial charge < -0.3 is 20.2 Å². The Morgan fingerprint density at radius 3 is 2.33 bits per heavy atom. The molecule has 0 saturated carbocycles. The van der Waals surface area contributed by atoms with E-state index >= 15 is 4.39 Å². The number of aryl methyl sites for hydroxylation is 3. The van der Waals surface area contributed by atoms with Crippen LogP contribution in [0.3, 0.4) is 0 Å². The highest BCUT2D eigenvalue weighted by atomic mass is 35.5. The molecule has 0 fully saturated rings. The van der Waals surface area contributed by atoms with E-state index in [0.717, 1.165) is 41.2 Å². The summed E-state index contributed by atoms with van der Waals surface area (Å²) in [6.07, 6.45) is 0.0883. The maximum atomic E-state index is 15.5. The van der Waals surface area contributed by atoms with E-state index in [1.54, 1.807) is 36.2 Å². The van der Waals surface area contributed by atoms with Crippen molar-refractivity contribution in [2.75, 3.05) is 43.4 Å². The molecule has 3 aromatic carbocycles. The lowest BCUT2D eigenvalue weighted by atomic mass is 9.88. The molecule has 0 saturated heterocycles. The fourth-order valence-electron chi connectivity index (χ4n) is 5.67. The van der Waals surface area contributed by atoms with Crippen LogP contribution in [-0.4, -0.2) is 70.1 Å². The number of rotatable bonds is 12. The van der Waals surface area contributed by atoms with Gasteiger partial charge in [-0.1, -0.05) is 49.2 Å². The van der Waals surface area contributed by atoms with Crippen molar-refractivity contribution in [3.63, 3.8) is 0 Å². The summed E-state index contributed by atoms with van der Waals surface area (Å²) in [7, 11) is 1.77. The molecule has 1 heterocycles. The highest BCUT2D eigenvalue weighted by Crippen LogP contribution is 2.38. The lowest BCUT2D eigenvalue weighted by Crippen LogP contribution is -2.36. The molecule has 1 atom stereocenters. The second-order valence-corrected chi connectivity index (χ2v) is 11.7. The van der Waals surface area contributed by atoms with Crippen LogP contribution in [0.1, 0.15) is 58.1 Å². The summed E-state index contributed by atoms with van der Waals surface area (Å²) in [6.45, 7) is 13.0. The molecule has 11 heteroatoms. The van der Waals surface area contributed by atoms with Crippen LogP contribution in [0.5, 0.6) is 0 Å². The Labute approximate surface area is 274 Å². The SMILES string of the molecule is CCN(CC)CCN(C)C(=O)c1cccc(Nc2nccc(N(C(=O)O)C(c3cc(Cl)ccc3F)c3c(C)cc(C)cc3C)n2)c1. The number of carboxylic acid groups (broad SMARTS) is 1. The number of aromatic nitrogens is 2. The average Bonchev–Trinajstić information content (AvgIpc) is 3.01. The predicted molar refractivity (Wildman–Crippen MR) is 181 cm³/mol. The molecule has 0 radical (unpaired) electrons. The summed E-state index contributed by atoms with van der Waals surface area (Å²) in [5.41, 5.74) is 4.33. The number of likely N-dealkylation sites (N-methyl/N-ethyl adjacent to an activating group) is 2. The van der Waals surface area contributed by atoms with Crippen molar-refractivity contribution in [3.8, 4) is 0 Å². The van der Waals surface area contributed by atoms with Gasteiger partial charge in [0.15, 0.2) is 0 Å². The normalized spacial score (nSPS) is 11.8. The summed E-state index contributed by atoms with van der Waals surface area (Å²) in [5.74, 6) is -0.600. The zero-order valence-corrected chi connectivity index (χ0v) is 27.8. The number of nitrogens with one attached hydrogen (secondary N) is 1. The number of anilines is 3. The van der Waals surface area contributed by atoms with Crippen LogP contribution in [-0.2, 0) is 0 Å². The van der Waals surface area contributed by atoms with Crippen molar-refractivity contribution in [1.29, 1.82) is 0 Å². The second-order valence-electron chi connectivity index (χ2n) is 11.2. The quantitative estimate of drug-likeness (QED) is 0.163. The minimum atomic E-state index is -1.34. The summed E-state index contributed by atoms with van der Waals surface area (Å²) >= 11 is 6.30. The first-order valence-electron chi connectivity index (χ1n) is 15.2. The third-order valence-corrected chi connectivity index (χ3v) is 8.21. The molecule has 0 spiro atoms. The van der Waals surface area contributed by atoms with Gasteiger partial charge >= 0.3 is 6.09 Å². The zero-order valence-electron chi connectivity index (χ0n) is 27.0. The maximum absolute atomic E-state index is 15.5. The third-order valence-electron chi connectivity index (χ3n) is 7.97. The Kier molecular flexibility index (Phi) is 11.3. The molecule has 2 N–H and O–H groups in total. The van der Waals surface area contributed by atoms with E-state index in [2.05, 4.69) is 34.0 Å². The number of hydrogen-bond donors (Lipinski definition) is 2. The Bertz CT molecular complexity index is 1690. The number of halogens is 2. The van der Waals surface area contributed by atoms with Crippen LogP contribution in [0.2, 0.25) is 5.02 Å². The predicted octanol–water partition coefficient (Wildman–Crippen LogP) is 7.63.